The zero-order valence-corrected chi connectivity index (χ0v) is 14.7. The average molecular weight is 342 g/mol. The average Bonchev–Trinajstić information content (AvgIpc) is 3.25. The molecule has 6 heteroatoms. The first-order chi connectivity index (χ1) is 12.0. The van der Waals surface area contributed by atoms with Crippen molar-refractivity contribution >= 4 is 11.8 Å². The van der Waals surface area contributed by atoms with E-state index in [4.69, 9.17) is 0 Å². The van der Waals surface area contributed by atoms with Crippen LogP contribution in [0.5, 0.6) is 0 Å². The molecule has 0 radical (unpaired) electrons. The van der Waals surface area contributed by atoms with Crippen molar-refractivity contribution in [3.8, 4) is 0 Å². The largest absolute Gasteiger partial charge is 0.276 e. The maximum absolute atomic E-state index is 12.9. The smallest absolute Gasteiger partial charge is 0.244 e. The van der Waals surface area contributed by atoms with Gasteiger partial charge in [0.25, 0.3) is 0 Å². The van der Waals surface area contributed by atoms with Crippen molar-refractivity contribution in [2.24, 2.45) is 36.1 Å². The summed E-state index contributed by atoms with van der Waals surface area (Å²) < 4.78 is 1.76. The molecule has 5 fully saturated rings. The fourth-order valence-corrected chi connectivity index (χ4v) is 6.22. The molecule has 4 bridgehead atoms. The second-order valence-electron chi connectivity index (χ2n) is 9.04. The number of rotatable bonds is 3. The van der Waals surface area contributed by atoms with Crippen molar-refractivity contribution in [2.45, 2.75) is 50.9 Å². The van der Waals surface area contributed by atoms with Gasteiger partial charge >= 0.3 is 0 Å². The van der Waals surface area contributed by atoms with Crippen molar-refractivity contribution in [3.05, 3.63) is 18.0 Å². The van der Waals surface area contributed by atoms with E-state index in [0.717, 1.165) is 49.0 Å². The van der Waals surface area contributed by atoms with Crippen molar-refractivity contribution in [3.63, 3.8) is 0 Å². The lowest BCUT2D eigenvalue weighted by molar-refractivity contribution is -0.149. The third-order valence-electron chi connectivity index (χ3n) is 7.10. The van der Waals surface area contributed by atoms with Crippen molar-refractivity contribution in [2.75, 3.05) is 0 Å². The van der Waals surface area contributed by atoms with Crippen LogP contribution in [0.2, 0.25) is 0 Å². The van der Waals surface area contributed by atoms with E-state index in [2.05, 4.69) is 16.0 Å². The van der Waals surface area contributed by atoms with E-state index in [1.807, 2.05) is 19.4 Å². The molecule has 5 aliphatic carbocycles. The van der Waals surface area contributed by atoms with Crippen LogP contribution in [0.3, 0.4) is 0 Å². The van der Waals surface area contributed by atoms with Gasteiger partial charge < -0.3 is 0 Å². The number of aryl methyl sites for hydroxylation is 1. The molecule has 2 amide bonds. The summed E-state index contributed by atoms with van der Waals surface area (Å²) in [4.78, 5) is 25.2. The molecule has 0 saturated heterocycles. The van der Waals surface area contributed by atoms with Gasteiger partial charge in [0.15, 0.2) is 0 Å². The molecule has 5 saturated carbocycles. The number of amides is 2. The Labute approximate surface area is 147 Å². The van der Waals surface area contributed by atoms with Gasteiger partial charge in [-0.3, -0.25) is 25.1 Å². The first kappa shape index (κ1) is 15.4. The minimum atomic E-state index is -0.214. The third-order valence-corrected chi connectivity index (χ3v) is 7.10. The molecule has 25 heavy (non-hydrogen) atoms. The van der Waals surface area contributed by atoms with Gasteiger partial charge in [0.05, 0.1) is 11.6 Å². The highest BCUT2D eigenvalue weighted by Crippen LogP contribution is 2.60. The van der Waals surface area contributed by atoms with E-state index in [-0.39, 0.29) is 29.1 Å². The Bertz CT molecular complexity index is 689. The summed E-state index contributed by atoms with van der Waals surface area (Å²) in [6.45, 7) is 0. The van der Waals surface area contributed by atoms with Crippen LogP contribution < -0.4 is 10.9 Å². The van der Waals surface area contributed by atoms with Crippen LogP contribution in [-0.2, 0) is 16.6 Å². The van der Waals surface area contributed by atoms with E-state index in [1.165, 1.54) is 19.3 Å². The van der Waals surface area contributed by atoms with Gasteiger partial charge in [-0.2, -0.15) is 5.10 Å². The van der Waals surface area contributed by atoms with Gasteiger partial charge in [0.2, 0.25) is 11.8 Å². The molecule has 0 unspecified atom stereocenters. The maximum atomic E-state index is 12.9. The highest BCUT2D eigenvalue weighted by Gasteiger charge is 2.55. The lowest BCUT2D eigenvalue weighted by Gasteiger charge is -2.55. The lowest BCUT2D eigenvalue weighted by atomic mass is 9.49. The quantitative estimate of drug-likeness (QED) is 0.824. The number of aromatic nitrogens is 2. The minimum absolute atomic E-state index is 0.0409. The van der Waals surface area contributed by atoms with E-state index in [0.29, 0.717) is 0 Å². The molecule has 1 aromatic heterocycles. The summed E-state index contributed by atoms with van der Waals surface area (Å²) in [5.41, 5.74) is 6.38. The number of carbonyl (C=O) groups excluding carboxylic acids is 2. The predicted molar refractivity (Wildman–Crippen MR) is 90.9 cm³/mol. The molecule has 0 spiro atoms. The molecule has 6 nitrogen and oxygen atoms in total. The second kappa shape index (κ2) is 5.32. The molecule has 6 rings (SSSR count). The fraction of sp³-hybridized carbons (Fsp3) is 0.737. The van der Waals surface area contributed by atoms with Crippen molar-refractivity contribution in [1.29, 1.82) is 0 Å². The van der Waals surface area contributed by atoms with Crippen LogP contribution in [0, 0.1) is 29.1 Å². The number of nitrogens with zero attached hydrogens (tertiary/aromatic N) is 2. The fourth-order valence-electron chi connectivity index (χ4n) is 6.22. The molecule has 0 aliphatic heterocycles. The molecule has 1 aromatic rings. The highest BCUT2D eigenvalue weighted by molar-refractivity contribution is 5.88. The molecule has 0 aromatic carbocycles. The molecule has 2 N–H and O–H groups in total. The monoisotopic (exact) mass is 342 g/mol. The Balaban J connectivity index is 1.18. The first-order valence-electron chi connectivity index (χ1n) is 9.61. The standard InChI is InChI=1S/C19H26N4O2/c1-23-10-14(9-20-23)15-5-16(15)17(24)21-22-18(25)19-6-11-2-12(7-19)4-13(3-11)8-19/h9-13,15-16H,2-8H2,1H3,(H,21,24)(H,22,25)/t11?,12?,13?,15-,16-,19?/m0/s1. The van der Waals surface area contributed by atoms with Crippen LogP contribution in [0.4, 0.5) is 0 Å². The Morgan fingerprint density at radius 2 is 1.72 bits per heavy atom. The van der Waals surface area contributed by atoms with Crippen LogP contribution in [0.15, 0.2) is 12.4 Å². The van der Waals surface area contributed by atoms with Gasteiger partial charge in [-0.25, -0.2) is 0 Å². The zero-order valence-electron chi connectivity index (χ0n) is 14.7. The Kier molecular flexibility index (Phi) is 3.28. The topological polar surface area (TPSA) is 76.0 Å². The normalized spacial score (nSPS) is 40.8. The van der Waals surface area contributed by atoms with Crippen molar-refractivity contribution < 1.29 is 9.59 Å². The number of hydrogen-bond donors (Lipinski definition) is 2. The molecule has 2 atom stereocenters. The van der Waals surface area contributed by atoms with Crippen LogP contribution >= 0.6 is 0 Å². The Morgan fingerprint density at radius 1 is 1.08 bits per heavy atom. The molecular weight excluding hydrogens is 316 g/mol. The molecular formula is C19H26N4O2. The lowest BCUT2D eigenvalue weighted by Crippen LogP contribution is -2.56. The van der Waals surface area contributed by atoms with Crippen LogP contribution in [-0.4, -0.2) is 21.6 Å². The summed E-state index contributed by atoms with van der Waals surface area (Å²) in [5.74, 6) is 2.37. The van der Waals surface area contributed by atoms with Gasteiger partial charge in [-0.15, -0.1) is 0 Å². The van der Waals surface area contributed by atoms with E-state index in [9.17, 15) is 9.59 Å². The molecule has 1 heterocycles. The van der Waals surface area contributed by atoms with Gasteiger partial charge in [0.1, 0.15) is 0 Å². The number of carbonyl (C=O) groups is 2. The number of nitrogens with one attached hydrogen (secondary N) is 2. The summed E-state index contributed by atoms with van der Waals surface area (Å²) in [6.07, 6.45) is 11.6. The van der Waals surface area contributed by atoms with Gasteiger partial charge in [-0.05, 0) is 74.2 Å². The summed E-state index contributed by atoms with van der Waals surface area (Å²) in [6, 6.07) is 0. The zero-order chi connectivity index (χ0) is 17.2. The third kappa shape index (κ3) is 2.57. The van der Waals surface area contributed by atoms with Crippen molar-refractivity contribution in [1.82, 2.24) is 20.6 Å². The van der Waals surface area contributed by atoms with Crippen LogP contribution in [0.1, 0.15) is 56.4 Å². The highest BCUT2D eigenvalue weighted by atomic mass is 16.2. The van der Waals surface area contributed by atoms with E-state index < -0.39 is 0 Å². The number of hydrazine groups is 1. The van der Waals surface area contributed by atoms with E-state index in [1.54, 1.807) is 4.68 Å². The van der Waals surface area contributed by atoms with Gasteiger partial charge in [0, 0.05) is 19.2 Å². The second-order valence-corrected chi connectivity index (χ2v) is 9.04. The summed E-state index contributed by atoms with van der Waals surface area (Å²) in [7, 11) is 1.88. The molecule has 5 aliphatic rings. The Morgan fingerprint density at radius 3 is 2.28 bits per heavy atom. The number of hydrogen-bond acceptors (Lipinski definition) is 3. The minimum Gasteiger partial charge on any atom is -0.276 e. The first-order valence-corrected chi connectivity index (χ1v) is 9.61. The molecule has 134 valence electrons. The van der Waals surface area contributed by atoms with Gasteiger partial charge in [-0.1, -0.05) is 0 Å². The van der Waals surface area contributed by atoms with Crippen LogP contribution in [0.25, 0.3) is 0 Å². The Hall–Kier alpha value is -1.85. The summed E-state index contributed by atoms with van der Waals surface area (Å²) >= 11 is 0. The van der Waals surface area contributed by atoms with E-state index >= 15 is 0 Å². The SMILES string of the molecule is Cn1cc([C@@H]2C[C@@H]2C(=O)NNC(=O)C23CC4CC(CC(C4)C2)C3)cn1. The maximum Gasteiger partial charge on any atom is 0.244 e. The predicted octanol–water partition coefficient (Wildman–Crippen LogP) is 1.89. The summed E-state index contributed by atoms with van der Waals surface area (Å²) in [5, 5.41) is 4.17.